The van der Waals surface area contributed by atoms with Crippen LogP contribution in [0.2, 0.25) is 0 Å². The van der Waals surface area contributed by atoms with Crippen molar-refractivity contribution in [2.24, 2.45) is 11.8 Å². The fraction of sp³-hybridized carbons (Fsp3) is 0.581. The summed E-state index contributed by atoms with van der Waals surface area (Å²) in [7, 11) is 0. The third-order valence-electron chi connectivity index (χ3n) is 10.9. The number of aryl methyl sites for hydroxylation is 1. The van der Waals surface area contributed by atoms with E-state index in [1.54, 1.807) is 18.2 Å². The lowest BCUT2D eigenvalue weighted by Gasteiger charge is -2.53. The number of phenolic OH excluding ortho intramolecular Hbond substituents is 1. The molecular weight excluding hydrogens is 483 g/mol. The zero-order chi connectivity index (χ0) is 26.0. The van der Waals surface area contributed by atoms with Crippen molar-refractivity contribution in [1.29, 1.82) is 0 Å². The summed E-state index contributed by atoms with van der Waals surface area (Å²) in [5, 5.41) is 23.5. The van der Waals surface area contributed by atoms with Crippen LogP contribution in [0.15, 0.2) is 36.4 Å². The highest BCUT2D eigenvalue weighted by Crippen LogP contribution is 2.70. The summed E-state index contributed by atoms with van der Waals surface area (Å²) in [6.07, 6.45) is 5.68. The van der Waals surface area contributed by atoms with E-state index in [0.717, 1.165) is 42.0 Å². The maximum atomic E-state index is 13.8. The van der Waals surface area contributed by atoms with E-state index in [1.807, 2.05) is 11.0 Å². The molecule has 2 saturated heterocycles. The van der Waals surface area contributed by atoms with Gasteiger partial charge in [-0.15, -0.1) is 0 Å². The Balaban J connectivity index is 1.13. The predicted octanol–water partition coefficient (Wildman–Crippen LogP) is 3.69. The standard InChI is InChI=1S/C31H35FN2O4/c1-17-2-9-24(35)26-25(17)30-15-23-27(34(23)16-19-3-4-19)31(30,37)12-10-22(28(30)38-26)33-13-11-20(29(33)36)14-18-5-7-21(32)8-6-18/h2,5-9,19-20,22-23,27-28,35,37H,3-4,10-16H2,1H3/t20?,22-,23?,27+,28-,30-,31+,34?/m0/s1. The second-order valence-electron chi connectivity index (χ2n) is 12.9. The first kappa shape index (κ1) is 23.3. The zero-order valence-corrected chi connectivity index (χ0v) is 21.8. The Bertz CT molecular complexity index is 1330. The number of hydrogen-bond donors (Lipinski definition) is 2. The number of halogens is 1. The monoisotopic (exact) mass is 518 g/mol. The van der Waals surface area contributed by atoms with Gasteiger partial charge in [-0.05, 0) is 87.1 Å². The van der Waals surface area contributed by atoms with Crippen LogP contribution in [-0.2, 0) is 16.6 Å². The molecule has 3 aliphatic heterocycles. The number of ether oxygens (including phenoxy) is 1. The Morgan fingerprint density at radius 1 is 1.08 bits per heavy atom. The summed E-state index contributed by atoms with van der Waals surface area (Å²) >= 11 is 0. The second kappa shape index (κ2) is 7.72. The Kier molecular flexibility index (Phi) is 4.73. The third kappa shape index (κ3) is 2.98. The van der Waals surface area contributed by atoms with Gasteiger partial charge in [0, 0.05) is 30.6 Å². The Morgan fingerprint density at radius 3 is 2.63 bits per heavy atom. The van der Waals surface area contributed by atoms with Gasteiger partial charge in [0.05, 0.1) is 23.1 Å². The second-order valence-corrected chi connectivity index (χ2v) is 12.9. The molecule has 2 aromatic rings. The van der Waals surface area contributed by atoms with Crippen molar-refractivity contribution >= 4 is 5.91 Å². The maximum absolute atomic E-state index is 13.8. The molecule has 3 heterocycles. The van der Waals surface area contributed by atoms with Gasteiger partial charge in [-0.2, -0.15) is 0 Å². The minimum atomic E-state index is -0.937. The first-order valence-electron chi connectivity index (χ1n) is 14.3. The molecule has 1 amide bonds. The number of benzene rings is 2. The Hall–Kier alpha value is -2.64. The van der Waals surface area contributed by atoms with Crippen molar-refractivity contribution in [3.05, 3.63) is 58.9 Å². The van der Waals surface area contributed by atoms with E-state index in [1.165, 1.54) is 25.0 Å². The summed E-state index contributed by atoms with van der Waals surface area (Å²) in [6.45, 7) is 3.78. The van der Waals surface area contributed by atoms with Gasteiger partial charge in [0.1, 0.15) is 11.9 Å². The van der Waals surface area contributed by atoms with Gasteiger partial charge in [-0.3, -0.25) is 9.69 Å². The Labute approximate surface area is 222 Å². The van der Waals surface area contributed by atoms with Crippen molar-refractivity contribution in [3.63, 3.8) is 0 Å². The average molecular weight is 519 g/mol. The van der Waals surface area contributed by atoms with Crippen LogP contribution in [0.3, 0.4) is 0 Å². The summed E-state index contributed by atoms with van der Waals surface area (Å²) in [4.78, 5) is 18.3. The van der Waals surface area contributed by atoms with Crippen molar-refractivity contribution in [3.8, 4) is 11.5 Å². The molecule has 3 saturated carbocycles. The number of carbonyl (C=O) groups is 1. The minimum Gasteiger partial charge on any atom is -0.504 e. The van der Waals surface area contributed by atoms with E-state index in [9.17, 15) is 19.4 Å². The van der Waals surface area contributed by atoms with E-state index in [4.69, 9.17) is 4.74 Å². The smallest absolute Gasteiger partial charge is 0.226 e. The molecule has 1 spiro atoms. The molecule has 6 aliphatic rings. The number of amides is 1. The van der Waals surface area contributed by atoms with Crippen LogP contribution in [0.5, 0.6) is 11.5 Å². The molecule has 0 bridgehead atoms. The minimum absolute atomic E-state index is 0.118. The fourth-order valence-electron chi connectivity index (χ4n) is 8.97. The SMILES string of the molecule is Cc1ccc(O)c2c1[C@]13CC4[C@@H](N4CC4CC4)[C@]1(O)CC[C@H](N1CCC(Cc4ccc(F)cc4)C1=O)[C@@H]3O2. The molecule has 0 radical (unpaired) electrons. The number of hydrogen-bond acceptors (Lipinski definition) is 5. The van der Waals surface area contributed by atoms with E-state index >= 15 is 0 Å². The molecule has 2 N–H and O–H groups in total. The number of piperidine rings is 1. The lowest BCUT2D eigenvalue weighted by molar-refractivity contribution is -0.150. The van der Waals surface area contributed by atoms with Crippen LogP contribution in [0, 0.1) is 24.6 Å². The van der Waals surface area contributed by atoms with Crippen LogP contribution in [0.25, 0.3) is 0 Å². The number of nitrogens with zero attached hydrogens (tertiary/aromatic N) is 2. The van der Waals surface area contributed by atoms with Gasteiger partial charge in [0.15, 0.2) is 11.5 Å². The van der Waals surface area contributed by atoms with Gasteiger partial charge < -0.3 is 19.8 Å². The highest BCUT2D eigenvalue weighted by atomic mass is 19.1. The van der Waals surface area contributed by atoms with Gasteiger partial charge in [0.2, 0.25) is 5.91 Å². The predicted molar refractivity (Wildman–Crippen MR) is 138 cm³/mol. The largest absolute Gasteiger partial charge is 0.504 e. The number of aliphatic hydroxyl groups is 1. The molecule has 5 fully saturated rings. The number of carbonyl (C=O) groups excluding carboxylic acids is 1. The summed E-state index contributed by atoms with van der Waals surface area (Å²) in [5.74, 6) is 1.11. The lowest BCUT2D eigenvalue weighted by Crippen LogP contribution is -2.68. The van der Waals surface area contributed by atoms with Crippen LogP contribution < -0.4 is 4.74 Å². The molecule has 0 aromatic heterocycles. The molecule has 3 aliphatic carbocycles. The summed E-state index contributed by atoms with van der Waals surface area (Å²) in [6, 6.07) is 10.4. The van der Waals surface area contributed by atoms with Crippen LogP contribution in [0.4, 0.5) is 4.39 Å². The van der Waals surface area contributed by atoms with E-state index in [-0.39, 0.29) is 41.6 Å². The van der Waals surface area contributed by atoms with Gasteiger partial charge in [-0.25, -0.2) is 4.39 Å². The van der Waals surface area contributed by atoms with E-state index < -0.39 is 11.0 Å². The van der Waals surface area contributed by atoms with Crippen LogP contribution in [0.1, 0.15) is 55.2 Å². The number of phenols is 1. The number of fused-ring (bicyclic) bond motifs is 3. The van der Waals surface area contributed by atoms with Gasteiger partial charge in [-0.1, -0.05) is 18.2 Å². The maximum Gasteiger partial charge on any atom is 0.226 e. The van der Waals surface area contributed by atoms with Crippen molar-refractivity contribution in [2.75, 3.05) is 13.1 Å². The molecule has 38 heavy (non-hydrogen) atoms. The van der Waals surface area contributed by atoms with Crippen molar-refractivity contribution < 1.29 is 24.1 Å². The van der Waals surface area contributed by atoms with Gasteiger partial charge in [0.25, 0.3) is 0 Å². The molecule has 3 unspecified atom stereocenters. The van der Waals surface area contributed by atoms with E-state index in [2.05, 4.69) is 11.8 Å². The molecule has 2 aromatic carbocycles. The van der Waals surface area contributed by atoms with Gasteiger partial charge >= 0.3 is 0 Å². The van der Waals surface area contributed by atoms with Crippen LogP contribution >= 0.6 is 0 Å². The first-order chi connectivity index (χ1) is 18.3. The molecule has 7 heteroatoms. The molecule has 200 valence electrons. The highest BCUT2D eigenvalue weighted by Gasteiger charge is 2.81. The number of aromatic hydroxyl groups is 1. The van der Waals surface area contributed by atoms with Crippen molar-refractivity contribution in [2.45, 2.75) is 87.1 Å². The molecule has 8 rings (SSSR count). The average Bonchev–Trinajstić information content (AvgIpc) is 3.74. The zero-order valence-electron chi connectivity index (χ0n) is 21.8. The number of likely N-dealkylation sites (tertiary alicyclic amines) is 2. The molecular formula is C31H35FN2O4. The van der Waals surface area contributed by atoms with Crippen LogP contribution in [-0.4, -0.2) is 68.8 Å². The quantitative estimate of drug-likeness (QED) is 0.591. The highest BCUT2D eigenvalue weighted by molar-refractivity contribution is 5.82. The van der Waals surface area contributed by atoms with E-state index in [0.29, 0.717) is 37.6 Å². The first-order valence-corrected chi connectivity index (χ1v) is 14.3. The fourth-order valence-corrected chi connectivity index (χ4v) is 8.97. The molecule has 8 atom stereocenters. The van der Waals surface area contributed by atoms with Crippen molar-refractivity contribution in [1.82, 2.24) is 9.80 Å². The molecule has 6 nitrogen and oxygen atoms in total. The number of rotatable bonds is 5. The Morgan fingerprint density at radius 2 is 1.87 bits per heavy atom. The normalized spacial score (nSPS) is 40.4. The summed E-state index contributed by atoms with van der Waals surface area (Å²) < 4.78 is 20.1. The lowest BCUT2D eigenvalue weighted by atomic mass is 9.57. The summed E-state index contributed by atoms with van der Waals surface area (Å²) in [5.41, 5.74) is 1.41. The topological polar surface area (TPSA) is 73.0 Å². The third-order valence-corrected chi connectivity index (χ3v) is 10.9.